The monoisotopic (exact) mass is 838 g/mol. The number of hydrogen-bond donors (Lipinski definition) is 0. The number of rotatable bonds is 5. The standard InChI is InChI=1S/C64H42N2/c1-2-13-41(14-3-1)45-17-12-18-46(35-45)43-29-32-51(33-30-43)65-60-22-9-7-20-53(60)57-38-49(31-34-63(57)65)42-25-27-44(28-26-42)50-39-58-54-21-8-11-24-62(54)66-61-23-10-6-19-52(61)55-36-47-15-4-5-16-48(47)37-56(55)59(40-50)64(58)66/h1-40,57,63H. The molecule has 0 amide bonds. The normalized spacial score (nSPS) is 15.6. The Bertz CT molecular complexity index is 3810. The quantitative estimate of drug-likeness (QED) is 0.168. The zero-order chi connectivity index (χ0) is 43.3. The summed E-state index contributed by atoms with van der Waals surface area (Å²) in [5, 5.41) is 5.06. The van der Waals surface area contributed by atoms with Gasteiger partial charge in [0, 0.05) is 39.2 Å². The molecule has 0 bridgehead atoms. The average molecular weight is 839 g/mol. The first-order valence-electron chi connectivity index (χ1n) is 23.1. The van der Waals surface area contributed by atoms with Gasteiger partial charge in [-0.15, -0.1) is 0 Å². The van der Waals surface area contributed by atoms with Crippen LogP contribution in [-0.2, 0) is 0 Å². The minimum atomic E-state index is 0.193. The average Bonchev–Trinajstić information content (AvgIpc) is 3.87. The van der Waals surface area contributed by atoms with Crippen LogP contribution < -0.4 is 4.90 Å². The lowest BCUT2D eigenvalue weighted by atomic mass is 9.86. The van der Waals surface area contributed by atoms with Crippen LogP contribution in [0.3, 0.4) is 0 Å². The van der Waals surface area contributed by atoms with Crippen LogP contribution in [0.2, 0.25) is 0 Å². The maximum Gasteiger partial charge on any atom is 0.0630 e. The van der Waals surface area contributed by atoms with Gasteiger partial charge in [0.15, 0.2) is 0 Å². The van der Waals surface area contributed by atoms with Gasteiger partial charge in [0.2, 0.25) is 0 Å². The van der Waals surface area contributed by atoms with E-state index >= 15 is 0 Å². The molecule has 2 heteroatoms. The summed E-state index contributed by atoms with van der Waals surface area (Å²) in [6.45, 7) is 0. The van der Waals surface area contributed by atoms with Gasteiger partial charge in [0.05, 0.1) is 22.8 Å². The molecule has 1 aliphatic carbocycles. The van der Waals surface area contributed by atoms with Crippen LogP contribution in [0.5, 0.6) is 0 Å². The van der Waals surface area contributed by atoms with Crippen molar-refractivity contribution in [2.24, 2.45) is 0 Å². The van der Waals surface area contributed by atoms with Crippen molar-refractivity contribution in [1.29, 1.82) is 0 Å². The fourth-order valence-corrected chi connectivity index (χ4v) is 11.3. The van der Waals surface area contributed by atoms with Crippen molar-refractivity contribution in [3.63, 3.8) is 0 Å². The molecule has 2 nitrogen and oxygen atoms in total. The molecule has 3 heterocycles. The highest BCUT2D eigenvalue weighted by Gasteiger charge is 2.38. The predicted octanol–water partition coefficient (Wildman–Crippen LogP) is 16.8. The van der Waals surface area contributed by atoms with Crippen molar-refractivity contribution in [3.8, 4) is 61.3 Å². The molecule has 0 radical (unpaired) electrons. The maximum absolute atomic E-state index is 2.53. The van der Waals surface area contributed by atoms with Gasteiger partial charge in [-0.05, 0) is 133 Å². The van der Waals surface area contributed by atoms with E-state index in [1.54, 1.807) is 0 Å². The fourth-order valence-electron chi connectivity index (χ4n) is 11.3. The van der Waals surface area contributed by atoms with Crippen molar-refractivity contribution in [2.45, 2.75) is 12.0 Å². The molecule has 2 unspecified atom stereocenters. The molecule has 0 saturated carbocycles. The molecule has 2 aliphatic heterocycles. The molecule has 0 saturated heterocycles. The lowest BCUT2D eigenvalue weighted by Gasteiger charge is -2.30. The third-order valence-electron chi connectivity index (χ3n) is 14.4. The summed E-state index contributed by atoms with van der Waals surface area (Å²) in [7, 11) is 0. The van der Waals surface area contributed by atoms with Crippen LogP contribution in [0.15, 0.2) is 243 Å². The molecule has 0 spiro atoms. The smallest absolute Gasteiger partial charge is 0.0630 e. The molecule has 308 valence electrons. The summed E-state index contributed by atoms with van der Waals surface area (Å²) in [6.07, 6.45) is 7.25. The Hall–Kier alpha value is -8.46. The molecule has 2 atom stereocenters. The van der Waals surface area contributed by atoms with Gasteiger partial charge in [-0.25, -0.2) is 0 Å². The van der Waals surface area contributed by atoms with Crippen LogP contribution in [-0.4, -0.2) is 10.6 Å². The molecular weight excluding hydrogens is 797 g/mol. The summed E-state index contributed by atoms with van der Waals surface area (Å²) in [6, 6.07) is 83.3. The van der Waals surface area contributed by atoms with Gasteiger partial charge >= 0.3 is 0 Å². The first kappa shape index (κ1) is 37.0. The minimum Gasteiger partial charge on any atom is -0.333 e. The lowest BCUT2D eigenvalue weighted by molar-refractivity contribution is 0.747. The van der Waals surface area contributed by atoms with Crippen molar-refractivity contribution in [1.82, 2.24) is 4.57 Å². The van der Waals surface area contributed by atoms with Crippen LogP contribution in [0.4, 0.5) is 11.4 Å². The third kappa shape index (κ3) is 5.68. The molecule has 14 rings (SSSR count). The summed E-state index contributed by atoms with van der Waals surface area (Å²) in [5.41, 5.74) is 22.5. The number of hydrogen-bond acceptors (Lipinski definition) is 1. The van der Waals surface area contributed by atoms with E-state index in [9.17, 15) is 0 Å². The summed E-state index contributed by atoms with van der Waals surface area (Å²) < 4.78 is 2.51. The zero-order valence-electron chi connectivity index (χ0n) is 36.1. The number of fused-ring (bicyclic) bond motifs is 12. The van der Waals surface area contributed by atoms with E-state index < -0.39 is 0 Å². The molecule has 10 aromatic carbocycles. The largest absolute Gasteiger partial charge is 0.333 e. The Balaban J connectivity index is 0.817. The minimum absolute atomic E-state index is 0.193. The molecule has 3 aliphatic rings. The lowest BCUT2D eigenvalue weighted by Crippen LogP contribution is -2.28. The molecule has 1 aromatic heterocycles. The number of anilines is 2. The van der Waals surface area contributed by atoms with Gasteiger partial charge in [-0.1, -0.05) is 182 Å². The van der Waals surface area contributed by atoms with E-state index in [-0.39, 0.29) is 12.0 Å². The zero-order valence-corrected chi connectivity index (χ0v) is 36.1. The van der Waals surface area contributed by atoms with Crippen LogP contribution >= 0.6 is 0 Å². The van der Waals surface area contributed by atoms with Crippen molar-refractivity contribution < 1.29 is 0 Å². The van der Waals surface area contributed by atoms with Crippen molar-refractivity contribution in [2.75, 3.05) is 4.90 Å². The molecule has 11 aromatic rings. The van der Waals surface area contributed by atoms with E-state index in [1.165, 1.54) is 122 Å². The number of benzene rings is 10. The predicted molar refractivity (Wildman–Crippen MR) is 278 cm³/mol. The van der Waals surface area contributed by atoms with E-state index in [2.05, 4.69) is 252 Å². The van der Waals surface area contributed by atoms with Crippen molar-refractivity contribution >= 4 is 49.5 Å². The second kappa shape index (κ2) is 14.5. The van der Waals surface area contributed by atoms with Gasteiger partial charge in [-0.3, -0.25) is 0 Å². The second-order valence-corrected chi connectivity index (χ2v) is 18.0. The first-order valence-corrected chi connectivity index (χ1v) is 23.1. The van der Waals surface area contributed by atoms with Gasteiger partial charge in [0.25, 0.3) is 0 Å². The number of aromatic nitrogens is 1. The van der Waals surface area contributed by atoms with Gasteiger partial charge < -0.3 is 9.47 Å². The molecule has 0 fully saturated rings. The summed E-state index contributed by atoms with van der Waals surface area (Å²) in [4.78, 5) is 2.53. The summed E-state index contributed by atoms with van der Waals surface area (Å²) in [5.74, 6) is 0.236. The maximum atomic E-state index is 2.53. The highest BCUT2D eigenvalue weighted by Crippen LogP contribution is 2.51. The van der Waals surface area contributed by atoms with E-state index in [1.807, 2.05) is 0 Å². The van der Waals surface area contributed by atoms with Crippen LogP contribution in [0, 0.1) is 0 Å². The topological polar surface area (TPSA) is 8.17 Å². The number of allylic oxidation sites excluding steroid dienone is 2. The highest BCUT2D eigenvalue weighted by molar-refractivity contribution is 6.18. The van der Waals surface area contributed by atoms with E-state index in [0.29, 0.717) is 0 Å². The Morgan fingerprint density at radius 1 is 0.364 bits per heavy atom. The fraction of sp³-hybridized carbons (Fsp3) is 0.0312. The van der Waals surface area contributed by atoms with Crippen molar-refractivity contribution in [3.05, 3.63) is 254 Å². The van der Waals surface area contributed by atoms with E-state index in [0.717, 1.165) is 0 Å². The van der Waals surface area contributed by atoms with Gasteiger partial charge in [-0.2, -0.15) is 0 Å². The number of nitrogens with zero attached hydrogens (tertiary/aromatic N) is 2. The Kier molecular flexibility index (Phi) is 8.14. The molecule has 0 N–H and O–H groups in total. The van der Waals surface area contributed by atoms with E-state index in [4.69, 9.17) is 0 Å². The molecular formula is C64H42N2. The Labute approximate surface area is 384 Å². The Morgan fingerprint density at radius 2 is 0.970 bits per heavy atom. The highest BCUT2D eigenvalue weighted by atomic mass is 15.2. The Morgan fingerprint density at radius 3 is 1.77 bits per heavy atom. The third-order valence-corrected chi connectivity index (χ3v) is 14.4. The summed E-state index contributed by atoms with van der Waals surface area (Å²) >= 11 is 0. The second-order valence-electron chi connectivity index (χ2n) is 18.0. The first-order chi connectivity index (χ1) is 32.7. The van der Waals surface area contributed by atoms with Crippen LogP contribution in [0.1, 0.15) is 17.0 Å². The van der Waals surface area contributed by atoms with Gasteiger partial charge in [0.1, 0.15) is 0 Å². The van der Waals surface area contributed by atoms with Crippen LogP contribution in [0.25, 0.3) is 99.5 Å². The SMILES string of the molecule is C1=CC2C(C=C1c1ccc(-c3cc4c5c(c3)c3ccccc3n5-c3ccccc3-c3cc5ccccc5cc3-4)cc1)c1ccccc1N2c1ccc(-c2cccc(-c3ccccc3)c2)cc1. The number of para-hydroxylation sites is 3. The molecule has 66 heavy (non-hydrogen) atoms.